The van der Waals surface area contributed by atoms with Crippen molar-refractivity contribution < 1.29 is 19.2 Å². The molecule has 0 aliphatic carbocycles. The van der Waals surface area contributed by atoms with Gasteiger partial charge in [0, 0.05) is 25.1 Å². The molecule has 2 aromatic rings. The SMILES string of the molecule is CC(C)(C)OC(=O)N1Cc2cc([N+](=O)[O-])ccc2C[C@H]1C(=O)NCCc1ccccc1. The molecule has 1 aliphatic heterocycles. The lowest BCUT2D eigenvalue weighted by atomic mass is 9.93. The third kappa shape index (κ3) is 5.81. The Morgan fingerprint density at radius 2 is 1.87 bits per heavy atom. The molecule has 0 fully saturated rings. The van der Waals surface area contributed by atoms with Crippen LogP contribution in [-0.2, 0) is 28.9 Å². The number of ether oxygens (including phenoxy) is 1. The minimum Gasteiger partial charge on any atom is -0.444 e. The van der Waals surface area contributed by atoms with E-state index in [4.69, 9.17) is 4.74 Å². The first-order valence-electron chi connectivity index (χ1n) is 10.2. The molecule has 8 heteroatoms. The van der Waals surface area contributed by atoms with Crippen LogP contribution in [0.15, 0.2) is 48.5 Å². The van der Waals surface area contributed by atoms with Gasteiger partial charge < -0.3 is 10.1 Å². The second-order valence-corrected chi connectivity index (χ2v) is 8.56. The van der Waals surface area contributed by atoms with Crippen molar-refractivity contribution in [1.82, 2.24) is 10.2 Å². The Bertz CT molecular complexity index is 969. The summed E-state index contributed by atoms with van der Waals surface area (Å²) in [7, 11) is 0. The normalized spacial score (nSPS) is 15.7. The van der Waals surface area contributed by atoms with Crippen LogP contribution in [0.4, 0.5) is 10.5 Å². The van der Waals surface area contributed by atoms with Crippen molar-refractivity contribution >= 4 is 17.7 Å². The van der Waals surface area contributed by atoms with E-state index in [9.17, 15) is 19.7 Å². The highest BCUT2D eigenvalue weighted by Crippen LogP contribution is 2.28. The quantitative estimate of drug-likeness (QED) is 0.582. The van der Waals surface area contributed by atoms with Crippen LogP contribution in [0.25, 0.3) is 0 Å². The fraction of sp³-hybridized carbons (Fsp3) is 0.391. The van der Waals surface area contributed by atoms with Gasteiger partial charge in [-0.15, -0.1) is 0 Å². The number of amides is 2. The van der Waals surface area contributed by atoms with Crippen molar-refractivity contribution in [3.8, 4) is 0 Å². The molecule has 8 nitrogen and oxygen atoms in total. The van der Waals surface area contributed by atoms with Crippen LogP contribution < -0.4 is 5.32 Å². The summed E-state index contributed by atoms with van der Waals surface area (Å²) in [5.74, 6) is -0.272. The second-order valence-electron chi connectivity index (χ2n) is 8.56. The Morgan fingerprint density at radius 3 is 2.52 bits per heavy atom. The van der Waals surface area contributed by atoms with Gasteiger partial charge in [-0.2, -0.15) is 0 Å². The highest BCUT2D eigenvalue weighted by atomic mass is 16.6. The third-order valence-electron chi connectivity index (χ3n) is 5.02. The number of hydrogen-bond acceptors (Lipinski definition) is 5. The zero-order valence-corrected chi connectivity index (χ0v) is 18.0. The molecule has 1 N–H and O–H groups in total. The number of non-ortho nitro benzene ring substituents is 1. The Labute approximate surface area is 181 Å². The molecule has 31 heavy (non-hydrogen) atoms. The summed E-state index contributed by atoms with van der Waals surface area (Å²) in [5.41, 5.74) is 1.79. The summed E-state index contributed by atoms with van der Waals surface area (Å²) in [6, 6.07) is 13.6. The average Bonchev–Trinajstić information content (AvgIpc) is 2.71. The number of nitrogens with zero attached hydrogens (tertiary/aromatic N) is 2. The van der Waals surface area contributed by atoms with Gasteiger partial charge in [0.05, 0.1) is 11.5 Å². The number of nitro benzene ring substituents is 1. The van der Waals surface area contributed by atoms with E-state index in [0.29, 0.717) is 18.5 Å². The first-order valence-corrected chi connectivity index (χ1v) is 10.2. The van der Waals surface area contributed by atoms with Crippen LogP contribution in [0.1, 0.15) is 37.5 Å². The number of nitrogens with one attached hydrogen (secondary N) is 1. The molecule has 0 bridgehead atoms. The molecule has 0 unspecified atom stereocenters. The molecule has 0 aromatic heterocycles. The molecule has 0 spiro atoms. The summed E-state index contributed by atoms with van der Waals surface area (Å²) in [6.07, 6.45) is 0.325. The van der Waals surface area contributed by atoms with Gasteiger partial charge in [0.15, 0.2) is 0 Å². The maximum absolute atomic E-state index is 13.0. The number of benzene rings is 2. The van der Waals surface area contributed by atoms with Crippen molar-refractivity contribution in [2.75, 3.05) is 6.54 Å². The van der Waals surface area contributed by atoms with Gasteiger partial charge in [-0.25, -0.2) is 4.79 Å². The van der Waals surface area contributed by atoms with Gasteiger partial charge in [0.1, 0.15) is 11.6 Å². The number of nitro groups is 1. The first-order chi connectivity index (χ1) is 14.6. The van der Waals surface area contributed by atoms with Crippen LogP contribution in [-0.4, -0.2) is 40.0 Å². The van der Waals surface area contributed by atoms with Gasteiger partial charge in [-0.3, -0.25) is 19.8 Å². The Kier molecular flexibility index (Phi) is 6.58. The Morgan fingerprint density at radius 1 is 1.16 bits per heavy atom. The summed E-state index contributed by atoms with van der Waals surface area (Å²) >= 11 is 0. The maximum Gasteiger partial charge on any atom is 0.411 e. The van der Waals surface area contributed by atoms with E-state index in [1.807, 2.05) is 30.3 Å². The summed E-state index contributed by atoms with van der Waals surface area (Å²) in [4.78, 5) is 37.8. The predicted octanol–water partition coefficient (Wildman–Crippen LogP) is 3.62. The molecule has 1 aliphatic rings. The van der Waals surface area contributed by atoms with E-state index in [2.05, 4.69) is 5.32 Å². The van der Waals surface area contributed by atoms with Gasteiger partial charge in [-0.05, 0) is 43.9 Å². The van der Waals surface area contributed by atoms with E-state index >= 15 is 0 Å². The molecular formula is C23H27N3O5. The zero-order valence-electron chi connectivity index (χ0n) is 18.0. The summed E-state index contributed by atoms with van der Waals surface area (Å²) in [6.45, 7) is 5.77. The molecule has 1 heterocycles. The average molecular weight is 425 g/mol. The number of rotatable bonds is 5. The van der Waals surface area contributed by atoms with Crippen LogP contribution in [0.3, 0.4) is 0 Å². The lowest BCUT2D eigenvalue weighted by molar-refractivity contribution is -0.385. The van der Waals surface area contributed by atoms with Crippen molar-refractivity contribution in [2.45, 2.75) is 51.8 Å². The highest BCUT2D eigenvalue weighted by molar-refractivity contribution is 5.86. The maximum atomic E-state index is 13.0. The topological polar surface area (TPSA) is 102 Å². The van der Waals surface area contributed by atoms with Gasteiger partial charge in [-0.1, -0.05) is 36.4 Å². The molecular weight excluding hydrogens is 398 g/mol. The fourth-order valence-electron chi connectivity index (χ4n) is 3.52. The van der Waals surface area contributed by atoms with E-state index < -0.39 is 22.7 Å². The van der Waals surface area contributed by atoms with E-state index in [1.165, 1.54) is 17.0 Å². The molecule has 1 atom stereocenters. The van der Waals surface area contributed by atoms with Crippen molar-refractivity contribution in [3.63, 3.8) is 0 Å². The number of fused-ring (bicyclic) bond motifs is 1. The predicted molar refractivity (Wildman–Crippen MR) is 116 cm³/mol. The van der Waals surface area contributed by atoms with Gasteiger partial charge in [0.2, 0.25) is 5.91 Å². The van der Waals surface area contributed by atoms with E-state index in [1.54, 1.807) is 26.8 Å². The minimum atomic E-state index is -0.750. The van der Waals surface area contributed by atoms with Crippen LogP contribution in [0, 0.1) is 10.1 Å². The van der Waals surface area contributed by atoms with Crippen LogP contribution in [0.2, 0.25) is 0 Å². The van der Waals surface area contributed by atoms with Crippen molar-refractivity contribution in [3.05, 3.63) is 75.3 Å². The van der Waals surface area contributed by atoms with E-state index in [-0.39, 0.29) is 24.6 Å². The third-order valence-corrected chi connectivity index (χ3v) is 5.02. The Hall–Kier alpha value is -3.42. The minimum absolute atomic E-state index is 0.0475. The Balaban J connectivity index is 1.78. The smallest absolute Gasteiger partial charge is 0.411 e. The highest BCUT2D eigenvalue weighted by Gasteiger charge is 2.37. The number of hydrogen-bond donors (Lipinski definition) is 1. The van der Waals surface area contributed by atoms with Crippen LogP contribution >= 0.6 is 0 Å². The molecule has 164 valence electrons. The molecule has 0 saturated carbocycles. The second kappa shape index (κ2) is 9.16. The molecule has 2 amide bonds. The lowest BCUT2D eigenvalue weighted by Gasteiger charge is -2.36. The zero-order chi connectivity index (χ0) is 22.6. The van der Waals surface area contributed by atoms with Gasteiger partial charge >= 0.3 is 6.09 Å². The number of carbonyl (C=O) groups excluding carboxylic acids is 2. The molecule has 2 aromatic carbocycles. The van der Waals surface area contributed by atoms with Crippen LogP contribution in [0.5, 0.6) is 0 Å². The fourth-order valence-corrected chi connectivity index (χ4v) is 3.52. The standard InChI is InChI=1S/C23H27N3O5/c1-23(2,3)31-22(28)25-15-18-13-19(26(29)30)10-9-17(18)14-20(25)21(27)24-12-11-16-7-5-4-6-8-16/h4-10,13,20H,11-12,14-15H2,1-3H3,(H,24,27)/t20-/m0/s1. The summed E-state index contributed by atoms with van der Waals surface area (Å²) in [5, 5.41) is 14.0. The summed E-state index contributed by atoms with van der Waals surface area (Å²) < 4.78 is 5.50. The molecule has 0 radical (unpaired) electrons. The van der Waals surface area contributed by atoms with Gasteiger partial charge in [0.25, 0.3) is 5.69 Å². The van der Waals surface area contributed by atoms with Crippen molar-refractivity contribution in [2.24, 2.45) is 0 Å². The van der Waals surface area contributed by atoms with Crippen molar-refractivity contribution in [1.29, 1.82) is 0 Å². The molecule has 3 rings (SSSR count). The monoisotopic (exact) mass is 425 g/mol. The largest absolute Gasteiger partial charge is 0.444 e. The first kappa shape index (κ1) is 22.3. The van der Waals surface area contributed by atoms with E-state index in [0.717, 1.165) is 11.1 Å². The lowest BCUT2D eigenvalue weighted by Crippen LogP contribution is -2.53. The number of carbonyl (C=O) groups is 2. The molecule has 0 saturated heterocycles.